The Kier molecular flexibility index (Phi) is 2.80. The number of rotatable bonds is 1. The van der Waals surface area contributed by atoms with Crippen molar-refractivity contribution in [2.45, 2.75) is 6.92 Å². The number of aryl methyl sites for hydroxylation is 1. The van der Waals surface area contributed by atoms with E-state index in [1.807, 2.05) is 55.5 Å². The zero-order valence-electron chi connectivity index (χ0n) is 10.5. The number of fused-ring (bicyclic) bond motifs is 1. The highest BCUT2D eigenvalue weighted by molar-refractivity contribution is 5.81. The van der Waals surface area contributed by atoms with E-state index in [1.54, 1.807) is 6.07 Å². The van der Waals surface area contributed by atoms with Gasteiger partial charge in [0.1, 0.15) is 16.7 Å². The van der Waals surface area contributed by atoms with E-state index < -0.39 is 0 Å². The lowest BCUT2D eigenvalue weighted by atomic mass is 10.1. The third-order valence-electron chi connectivity index (χ3n) is 3.13. The topological polar surface area (TPSA) is 45.7 Å². The Bertz CT molecular complexity index is 789. The Morgan fingerprint density at radius 2 is 1.79 bits per heavy atom. The first-order valence-electron chi connectivity index (χ1n) is 6.06. The van der Waals surface area contributed by atoms with Gasteiger partial charge >= 0.3 is 0 Å². The molecule has 3 aromatic rings. The van der Waals surface area contributed by atoms with Crippen molar-refractivity contribution in [1.82, 2.24) is 0 Å². The molecule has 0 radical (unpaired) electrons. The minimum absolute atomic E-state index is 0.517. The van der Waals surface area contributed by atoms with Crippen LogP contribution in [-0.4, -0.2) is 5.21 Å². The lowest BCUT2D eigenvalue weighted by molar-refractivity contribution is 0.302. The minimum atomic E-state index is 0.517. The standard InChI is InChI=1S/C16H13NO2/c1-11-6-5-9-13-14(17-18)10-15(19-16(11)13)12-7-3-2-4-8-12/h2-10,18H,1H3/b17-14+. The number of hydrogen-bond acceptors (Lipinski definition) is 3. The number of benzene rings is 2. The van der Waals surface area contributed by atoms with Crippen LogP contribution < -0.4 is 5.36 Å². The highest BCUT2D eigenvalue weighted by Gasteiger charge is 2.07. The molecule has 1 heterocycles. The molecule has 0 unspecified atom stereocenters. The van der Waals surface area contributed by atoms with Crippen LogP contribution in [0.3, 0.4) is 0 Å². The molecule has 19 heavy (non-hydrogen) atoms. The second-order valence-electron chi connectivity index (χ2n) is 4.41. The highest BCUT2D eigenvalue weighted by Crippen LogP contribution is 2.23. The Morgan fingerprint density at radius 3 is 2.53 bits per heavy atom. The molecule has 3 nitrogen and oxygen atoms in total. The van der Waals surface area contributed by atoms with E-state index in [4.69, 9.17) is 4.42 Å². The highest BCUT2D eigenvalue weighted by atomic mass is 16.4. The molecule has 0 aliphatic heterocycles. The third-order valence-corrected chi connectivity index (χ3v) is 3.13. The van der Waals surface area contributed by atoms with Gasteiger partial charge in [-0.25, -0.2) is 0 Å². The van der Waals surface area contributed by atoms with Gasteiger partial charge in [0.2, 0.25) is 0 Å². The molecule has 1 aromatic heterocycles. The van der Waals surface area contributed by atoms with Crippen LogP contribution in [0.15, 0.2) is 64.2 Å². The fourth-order valence-corrected chi connectivity index (χ4v) is 2.16. The maximum Gasteiger partial charge on any atom is 0.139 e. The van der Waals surface area contributed by atoms with Crippen LogP contribution in [0.25, 0.3) is 22.3 Å². The van der Waals surface area contributed by atoms with Gasteiger partial charge in [0.05, 0.1) is 0 Å². The molecule has 0 bridgehead atoms. The van der Waals surface area contributed by atoms with Crippen LogP contribution >= 0.6 is 0 Å². The second kappa shape index (κ2) is 4.61. The van der Waals surface area contributed by atoms with E-state index >= 15 is 0 Å². The first-order valence-corrected chi connectivity index (χ1v) is 6.06. The molecule has 0 aliphatic rings. The lowest BCUT2D eigenvalue weighted by Gasteiger charge is -2.06. The van der Waals surface area contributed by atoms with Gasteiger partial charge in [0.15, 0.2) is 0 Å². The van der Waals surface area contributed by atoms with E-state index in [2.05, 4.69) is 5.16 Å². The van der Waals surface area contributed by atoms with E-state index in [1.165, 1.54) is 0 Å². The zero-order chi connectivity index (χ0) is 13.2. The van der Waals surface area contributed by atoms with Crippen molar-refractivity contribution < 1.29 is 9.62 Å². The summed E-state index contributed by atoms with van der Waals surface area (Å²) in [4.78, 5) is 0. The van der Waals surface area contributed by atoms with Crippen molar-refractivity contribution in [3.8, 4) is 11.3 Å². The molecule has 3 heteroatoms. The minimum Gasteiger partial charge on any atom is -0.456 e. The predicted octanol–water partition coefficient (Wildman–Crippen LogP) is 3.70. The number of hydrogen-bond donors (Lipinski definition) is 1. The molecule has 3 rings (SSSR count). The Labute approximate surface area is 110 Å². The first-order chi connectivity index (χ1) is 9.29. The summed E-state index contributed by atoms with van der Waals surface area (Å²) in [6, 6.07) is 17.3. The summed E-state index contributed by atoms with van der Waals surface area (Å²) in [5.74, 6) is 0.690. The summed E-state index contributed by atoms with van der Waals surface area (Å²) in [7, 11) is 0. The summed E-state index contributed by atoms with van der Waals surface area (Å²) >= 11 is 0. The molecular formula is C16H13NO2. The molecule has 0 spiro atoms. The molecule has 0 fully saturated rings. The van der Waals surface area contributed by atoms with Crippen LogP contribution in [0, 0.1) is 6.92 Å². The fraction of sp³-hybridized carbons (Fsp3) is 0.0625. The molecule has 0 amide bonds. The summed E-state index contributed by atoms with van der Waals surface area (Å²) in [6.07, 6.45) is 0. The van der Waals surface area contributed by atoms with Crippen molar-refractivity contribution in [2.75, 3.05) is 0 Å². The number of para-hydroxylation sites is 1. The van der Waals surface area contributed by atoms with Crippen molar-refractivity contribution in [3.05, 3.63) is 65.5 Å². The average molecular weight is 251 g/mol. The van der Waals surface area contributed by atoms with Crippen molar-refractivity contribution in [3.63, 3.8) is 0 Å². The second-order valence-corrected chi connectivity index (χ2v) is 4.41. The average Bonchev–Trinajstić information content (AvgIpc) is 2.48. The summed E-state index contributed by atoms with van der Waals surface area (Å²) in [6.45, 7) is 1.97. The van der Waals surface area contributed by atoms with Crippen LogP contribution in [-0.2, 0) is 0 Å². The van der Waals surface area contributed by atoms with Crippen LogP contribution in [0.4, 0.5) is 0 Å². The fourth-order valence-electron chi connectivity index (χ4n) is 2.16. The zero-order valence-corrected chi connectivity index (χ0v) is 10.5. The van der Waals surface area contributed by atoms with Gasteiger partial charge in [-0.3, -0.25) is 0 Å². The molecule has 0 aliphatic carbocycles. The van der Waals surface area contributed by atoms with E-state index in [-0.39, 0.29) is 0 Å². The molecular weight excluding hydrogens is 238 g/mol. The molecule has 0 saturated heterocycles. The first kappa shape index (κ1) is 11.5. The Morgan fingerprint density at radius 1 is 1.00 bits per heavy atom. The van der Waals surface area contributed by atoms with Gasteiger partial charge in [-0.05, 0) is 18.6 Å². The quantitative estimate of drug-likeness (QED) is 0.529. The smallest absolute Gasteiger partial charge is 0.139 e. The number of nitrogens with zero attached hydrogens (tertiary/aromatic N) is 1. The summed E-state index contributed by atoms with van der Waals surface area (Å²) < 4.78 is 5.95. The summed E-state index contributed by atoms with van der Waals surface area (Å²) in [5.41, 5.74) is 2.72. The monoisotopic (exact) mass is 251 g/mol. The van der Waals surface area contributed by atoms with Crippen molar-refractivity contribution in [1.29, 1.82) is 0 Å². The third kappa shape index (κ3) is 1.99. The van der Waals surface area contributed by atoms with Gasteiger partial charge in [0.25, 0.3) is 0 Å². The molecule has 2 aromatic carbocycles. The van der Waals surface area contributed by atoms with Gasteiger partial charge in [-0.2, -0.15) is 0 Å². The lowest BCUT2D eigenvalue weighted by Crippen LogP contribution is -2.03. The van der Waals surface area contributed by atoms with Crippen molar-refractivity contribution >= 4 is 11.0 Å². The van der Waals surface area contributed by atoms with Crippen LogP contribution in [0.2, 0.25) is 0 Å². The van der Waals surface area contributed by atoms with E-state index in [0.29, 0.717) is 11.1 Å². The molecule has 94 valence electrons. The van der Waals surface area contributed by atoms with Crippen molar-refractivity contribution in [2.24, 2.45) is 5.16 Å². The summed E-state index contributed by atoms with van der Waals surface area (Å²) in [5, 5.41) is 13.9. The Hall–Kier alpha value is -2.55. The molecule has 0 saturated carbocycles. The largest absolute Gasteiger partial charge is 0.456 e. The SMILES string of the molecule is Cc1cccc2/c(=N/O)cc(-c3ccccc3)oc12. The van der Waals surface area contributed by atoms with Gasteiger partial charge in [-0.15, -0.1) is 0 Å². The molecule has 0 atom stereocenters. The van der Waals surface area contributed by atoms with Gasteiger partial charge in [0, 0.05) is 17.0 Å². The van der Waals surface area contributed by atoms with Crippen LogP contribution in [0.1, 0.15) is 5.56 Å². The normalized spacial score (nSPS) is 11.9. The van der Waals surface area contributed by atoms with E-state index in [0.717, 1.165) is 22.1 Å². The molecule has 1 N–H and O–H groups in total. The Balaban J connectivity index is 2.38. The predicted molar refractivity (Wildman–Crippen MR) is 73.7 cm³/mol. The maximum absolute atomic E-state index is 9.18. The van der Waals surface area contributed by atoms with Gasteiger partial charge < -0.3 is 9.62 Å². The van der Waals surface area contributed by atoms with E-state index in [9.17, 15) is 5.21 Å². The maximum atomic E-state index is 9.18. The van der Waals surface area contributed by atoms with Crippen LogP contribution in [0.5, 0.6) is 0 Å². The van der Waals surface area contributed by atoms with Gasteiger partial charge in [-0.1, -0.05) is 47.6 Å².